The van der Waals surface area contributed by atoms with Crippen molar-refractivity contribution >= 4 is 0 Å². The molecule has 1 heteroatoms. The van der Waals surface area contributed by atoms with Gasteiger partial charge < -0.3 is 5.32 Å². The molecule has 2 rings (SSSR count). The Morgan fingerprint density at radius 2 is 1.47 bits per heavy atom. The normalized spacial score (nSPS) is 18.8. The monoisotopic (exact) mass is 231 g/mol. The lowest BCUT2D eigenvalue weighted by Crippen LogP contribution is -2.28. The van der Waals surface area contributed by atoms with Crippen molar-refractivity contribution in [3.8, 4) is 0 Å². The predicted molar refractivity (Wildman–Crippen MR) is 74.3 cm³/mol. The Bertz CT molecular complexity index is 333. The van der Waals surface area contributed by atoms with Crippen molar-refractivity contribution in [1.82, 2.24) is 5.32 Å². The molecule has 17 heavy (non-hydrogen) atoms. The quantitative estimate of drug-likeness (QED) is 0.809. The number of benzene rings is 1. The summed E-state index contributed by atoms with van der Waals surface area (Å²) in [6.07, 6.45) is 5.51. The van der Waals surface area contributed by atoms with Gasteiger partial charge in [0.1, 0.15) is 0 Å². The third-order valence-electron chi connectivity index (χ3n) is 3.94. The maximum Gasteiger partial charge on any atom is 0.0294 e. The van der Waals surface area contributed by atoms with E-state index in [4.69, 9.17) is 0 Å². The smallest absolute Gasteiger partial charge is 0.0294 e. The van der Waals surface area contributed by atoms with Gasteiger partial charge in [-0.1, -0.05) is 51.0 Å². The van der Waals surface area contributed by atoms with Crippen LogP contribution in [-0.4, -0.2) is 6.04 Å². The summed E-state index contributed by atoms with van der Waals surface area (Å²) in [6, 6.07) is 10.3. The van der Waals surface area contributed by atoms with Crippen LogP contribution in [0.3, 0.4) is 0 Å². The van der Waals surface area contributed by atoms with E-state index in [1.54, 1.807) is 0 Å². The molecule has 0 bridgehead atoms. The highest BCUT2D eigenvalue weighted by Crippen LogP contribution is 2.23. The molecule has 0 aliphatic heterocycles. The first kappa shape index (κ1) is 12.6. The standard InChI is InChI=1S/C16H25N/c1-12(2)14-8-10-15(11-9-14)13(3)17-16-6-4-5-7-16/h8-13,16-17H,4-7H2,1-3H3. The van der Waals surface area contributed by atoms with Gasteiger partial charge in [0.25, 0.3) is 0 Å². The first-order valence-corrected chi connectivity index (χ1v) is 7.02. The summed E-state index contributed by atoms with van der Waals surface area (Å²) in [7, 11) is 0. The van der Waals surface area contributed by atoms with E-state index in [1.807, 2.05) is 0 Å². The molecular weight excluding hydrogens is 206 g/mol. The van der Waals surface area contributed by atoms with Crippen LogP contribution in [0.4, 0.5) is 0 Å². The molecular formula is C16H25N. The number of nitrogens with one attached hydrogen (secondary N) is 1. The van der Waals surface area contributed by atoms with Gasteiger partial charge in [-0.15, -0.1) is 0 Å². The Morgan fingerprint density at radius 1 is 0.941 bits per heavy atom. The average molecular weight is 231 g/mol. The second kappa shape index (κ2) is 5.68. The highest BCUT2D eigenvalue weighted by molar-refractivity contribution is 5.26. The molecule has 0 amide bonds. The molecule has 1 atom stereocenters. The predicted octanol–water partition coefficient (Wildman–Crippen LogP) is 4.40. The molecule has 0 heterocycles. The van der Waals surface area contributed by atoms with E-state index in [0.29, 0.717) is 12.0 Å². The summed E-state index contributed by atoms with van der Waals surface area (Å²) in [5, 5.41) is 3.74. The van der Waals surface area contributed by atoms with Crippen molar-refractivity contribution in [3.05, 3.63) is 35.4 Å². The highest BCUT2D eigenvalue weighted by Gasteiger charge is 2.17. The lowest BCUT2D eigenvalue weighted by atomic mass is 9.99. The van der Waals surface area contributed by atoms with Crippen LogP contribution in [0.1, 0.15) is 69.5 Å². The Morgan fingerprint density at radius 3 is 2.00 bits per heavy atom. The number of hydrogen-bond acceptors (Lipinski definition) is 1. The van der Waals surface area contributed by atoms with Crippen LogP contribution in [-0.2, 0) is 0 Å². The maximum atomic E-state index is 3.74. The molecule has 0 spiro atoms. The summed E-state index contributed by atoms with van der Waals surface area (Å²) in [5.41, 5.74) is 2.85. The summed E-state index contributed by atoms with van der Waals surface area (Å²) in [5.74, 6) is 0.627. The number of rotatable bonds is 4. The average Bonchev–Trinajstić information content (AvgIpc) is 2.82. The van der Waals surface area contributed by atoms with Crippen molar-refractivity contribution in [1.29, 1.82) is 0 Å². The molecule has 0 aromatic heterocycles. The van der Waals surface area contributed by atoms with E-state index >= 15 is 0 Å². The topological polar surface area (TPSA) is 12.0 Å². The van der Waals surface area contributed by atoms with Gasteiger partial charge in [0, 0.05) is 12.1 Å². The third kappa shape index (κ3) is 3.32. The molecule has 1 aromatic rings. The molecule has 1 saturated carbocycles. The Kier molecular flexibility index (Phi) is 4.22. The van der Waals surface area contributed by atoms with Gasteiger partial charge in [-0.25, -0.2) is 0 Å². The zero-order valence-electron chi connectivity index (χ0n) is 11.4. The van der Waals surface area contributed by atoms with Crippen LogP contribution in [0.25, 0.3) is 0 Å². The second-order valence-corrected chi connectivity index (χ2v) is 5.69. The summed E-state index contributed by atoms with van der Waals surface area (Å²) >= 11 is 0. The van der Waals surface area contributed by atoms with E-state index < -0.39 is 0 Å². The molecule has 1 unspecified atom stereocenters. The van der Waals surface area contributed by atoms with Crippen molar-refractivity contribution in [2.24, 2.45) is 0 Å². The van der Waals surface area contributed by atoms with Crippen molar-refractivity contribution in [3.63, 3.8) is 0 Å². The summed E-state index contributed by atoms with van der Waals surface area (Å²) < 4.78 is 0. The van der Waals surface area contributed by atoms with Crippen LogP contribution in [0, 0.1) is 0 Å². The minimum absolute atomic E-state index is 0.485. The molecule has 1 aliphatic rings. The largest absolute Gasteiger partial charge is 0.307 e. The fourth-order valence-corrected chi connectivity index (χ4v) is 2.71. The first-order chi connectivity index (χ1) is 8.16. The van der Waals surface area contributed by atoms with E-state index in [0.717, 1.165) is 6.04 Å². The first-order valence-electron chi connectivity index (χ1n) is 7.02. The van der Waals surface area contributed by atoms with Gasteiger partial charge in [0.2, 0.25) is 0 Å². The number of hydrogen-bond donors (Lipinski definition) is 1. The van der Waals surface area contributed by atoms with Crippen LogP contribution < -0.4 is 5.32 Å². The zero-order valence-corrected chi connectivity index (χ0v) is 11.4. The van der Waals surface area contributed by atoms with Crippen molar-refractivity contribution < 1.29 is 0 Å². The van der Waals surface area contributed by atoms with Crippen LogP contribution >= 0.6 is 0 Å². The molecule has 0 radical (unpaired) electrons. The third-order valence-corrected chi connectivity index (χ3v) is 3.94. The van der Waals surface area contributed by atoms with Crippen LogP contribution in [0.2, 0.25) is 0 Å². The molecule has 1 aromatic carbocycles. The molecule has 1 nitrogen and oxygen atoms in total. The summed E-state index contributed by atoms with van der Waals surface area (Å²) in [6.45, 7) is 6.77. The zero-order chi connectivity index (χ0) is 12.3. The van der Waals surface area contributed by atoms with Gasteiger partial charge in [-0.3, -0.25) is 0 Å². The molecule has 94 valence electrons. The van der Waals surface area contributed by atoms with Crippen molar-refractivity contribution in [2.45, 2.75) is 64.5 Å². The summed E-state index contributed by atoms with van der Waals surface area (Å²) in [4.78, 5) is 0. The van der Waals surface area contributed by atoms with Crippen molar-refractivity contribution in [2.75, 3.05) is 0 Å². The molecule has 1 fully saturated rings. The van der Waals surface area contributed by atoms with Crippen LogP contribution in [0.5, 0.6) is 0 Å². The Labute approximate surface area is 106 Å². The van der Waals surface area contributed by atoms with E-state index in [1.165, 1.54) is 36.8 Å². The minimum Gasteiger partial charge on any atom is -0.307 e. The van der Waals surface area contributed by atoms with Crippen LogP contribution in [0.15, 0.2) is 24.3 Å². The molecule has 1 aliphatic carbocycles. The second-order valence-electron chi connectivity index (χ2n) is 5.69. The van der Waals surface area contributed by atoms with Gasteiger partial charge in [0.15, 0.2) is 0 Å². The Balaban J connectivity index is 1.96. The molecule has 1 N–H and O–H groups in total. The minimum atomic E-state index is 0.485. The van der Waals surface area contributed by atoms with E-state index in [9.17, 15) is 0 Å². The van der Waals surface area contributed by atoms with Gasteiger partial charge in [-0.2, -0.15) is 0 Å². The van der Waals surface area contributed by atoms with E-state index in [2.05, 4.69) is 50.4 Å². The van der Waals surface area contributed by atoms with E-state index in [-0.39, 0.29) is 0 Å². The lowest BCUT2D eigenvalue weighted by molar-refractivity contribution is 0.461. The lowest BCUT2D eigenvalue weighted by Gasteiger charge is -2.20. The fraction of sp³-hybridized carbons (Fsp3) is 0.625. The fourth-order valence-electron chi connectivity index (χ4n) is 2.71. The SMILES string of the molecule is CC(C)c1ccc(C(C)NC2CCCC2)cc1. The van der Waals surface area contributed by atoms with Gasteiger partial charge in [-0.05, 0) is 36.8 Å². The van der Waals surface area contributed by atoms with Gasteiger partial charge >= 0.3 is 0 Å². The molecule has 0 saturated heterocycles. The Hall–Kier alpha value is -0.820. The maximum absolute atomic E-state index is 3.74. The van der Waals surface area contributed by atoms with Gasteiger partial charge in [0.05, 0.1) is 0 Å². The highest BCUT2D eigenvalue weighted by atomic mass is 14.9.